The molecule has 39 heavy (non-hydrogen) atoms. The minimum absolute atomic E-state index is 0.0182. The van der Waals surface area contributed by atoms with E-state index in [-0.39, 0.29) is 28.6 Å². The van der Waals surface area contributed by atoms with Crippen LogP contribution in [0.2, 0.25) is 0 Å². The molecule has 2 amide bonds. The molecule has 4 aromatic heterocycles. The van der Waals surface area contributed by atoms with E-state index < -0.39 is 5.91 Å². The molecular formula is C29H32N6O3S. The van der Waals surface area contributed by atoms with E-state index in [1.165, 1.54) is 21.8 Å². The standard InChI is InChI=1S/C29H32N6O3S/c1-16-9-8-14-34-24(16)32-25-20(29(34)38)15-19(23(30)35(25)17-10-4-3-5-11-17)26(36)33-28-22(27(37)31-2)18-12-6-7-13-21(18)39-28/h8-9,14-15,17,30H,3-7,10-13H2,1-2H3,(H,31,37)(H,33,36). The van der Waals surface area contributed by atoms with Gasteiger partial charge in [0.2, 0.25) is 0 Å². The van der Waals surface area contributed by atoms with Crippen molar-refractivity contribution >= 4 is 44.8 Å². The first-order chi connectivity index (χ1) is 18.9. The molecule has 4 heterocycles. The van der Waals surface area contributed by atoms with Gasteiger partial charge in [-0.2, -0.15) is 0 Å². The van der Waals surface area contributed by atoms with Crippen molar-refractivity contribution in [3.8, 4) is 0 Å². The van der Waals surface area contributed by atoms with E-state index in [0.29, 0.717) is 27.2 Å². The number of rotatable bonds is 4. The SMILES string of the molecule is CNC(=O)c1c(NC(=O)c2cc3c(=O)n4cccc(C)c4nc3n(C3CCCCC3)c2=N)sc2c1CCCC2. The fourth-order valence-corrected chi connectivity index (χ4v) is 7.40. The van der Waals surface area contributed by atoms with Gasteiger partial charge in [0.05, 0.1) is 16.5 Å². The Morgan fingerprint density at radius 2 is 1.85 bits per heavy atom. The summed E-state index contributed by atoms with van der Waals surface area (Å²) in [6.45, 7) is 1.91. The number of amides is 2. The van der Waals surface area contributed by atoms with Crippen molar-refractivity contribution in [1.29, 1.82) is 5.41 Å². The van der Waals surface area contributed by atoms with Gasteiger partial charge in [0.15, 0.2) is 0 Å². The van der Waals surface area contributed by atoms with Gasteiger partial charge in [-0.25, -0.2) is 4.98 Å². The zero-order valence-electron chi connectivity index (χ0n) is 22.2. The molecule has 1 saturated carbocycles. The Morgan fingerprint density at radius 1 is 1.08 bits per heavy atom. The monoisotopic (exact) mass is 544 g/mol. The van der Waals surface area contributed by atoms with E-state index in [1.807, 2.05) is 13.0 Å². The summed E-state index contributed by atoms with van der Waals surface area (Å²) in [5.74, 6) is -0.722. The van der Waals surface area contributed by atoms with E-state index in [1.54, 1.807) is 23.9 Å². The minimum Gasteiger partial charge on any atom is -0.355 e. The van der Waals surface area contributed by atoms with E-state index in [4.69, 9.17) is 4.98 Å². The fraction of sp³-hybridized carbons (Fsp3) is 0.414. The molecule has 0 aromatic carbocycles. The van der Waals surface area contributed by atoms with Crippen LogP contribution in [0, 0.1) is 12.3 Å². The Morgan fingerprint density at radius 3 is 2.62 bits per heavy atom. The molecular weight excluding hydrogens is 512 g/mol. The third-order valence-corrected chi connectivity index (χ3v) is 9.32. The Hall–Kier alpha value is -3.79. The maximum absolute atomic E-state index is 13.8. The predicted octanol–water partition coefficient (Wildman–Crippen LogP) is 4.49. The van der Waals surface area contributed by atoms with Crippen LogP contribution < -0.4 is 21.7 Å². The largest absolute Gasteiger partial charge is 0.355 e. The summed E-state index contributed by atoms with van der Waals surface area (Å²) in [6.07, 6.45) is 10.3. The van der Waals surface area contributed by atoms with E-state index >= 15 is 0 Å². The van der Waals surface area contributed by atoms with Crippen molar-refractivity contribution in [1.82, 2.24) is 19.3 Å². The summed E-state index contributed by atoms with van der Waals surface area (Å²) >= 11 is 1.44. The highest BCUT2D eigenvalue weighted by molar-refractivity contribution is 7.17. The summed E-state index contributed by atoms with van der Waals surface area (Å²) in [5, 5.41) is 15.6. The molecule has 9 nitrogen and oxygen atoms in total. The first-order valence-corrected chi connectivity index (χ1v) is 14.5. The molecule has 0 radical (unpaired) electrons. The second-order valence-corrected chi connectivity index (χ2v) is 11.7. The fourth-order valence-electron chi connectivity index (χ4n) is 6.12. The van der Waals surface area contributed by atoms with Crippen LogP contribution in [0.5, 0.6) is 0 Å². The maximum atomic E-state index is 13.8. The zero-order valence-corrected chi connectivity index (χ0v) is 23.0. The van der Waals surface area contributed by atoms with Crippen LogP contribution in [0.3, 0.4) is 0 Å². The van der Waals surface area contributed by atoms with Gasteiger partial charge < -0.3 is 15.2 Å². The van der Waals surface area contributed by atoms with Crippen LogP contribution in [0.4, 0.5) is 5.00 Å². The number of aryl methyl sites for hydroxylation is 2. The number of hydrogen-bond acceptors (Lipinski definition) is 6. The van der Waals surface area contributed by atoms with Gasteiger partial charge >= 0.3 is 0 Å². The first kappa shape index (κ1) is 25.5. The lowest BCUT2D eigenvalue weighted by Gasteiger charge is -2.26. The van der Waals surface area contributed by atoms with Crippen molar-refractivity contribution in [2.24, 2.45) is 0 Å². The number of nitrogens with one attached hydrogen (secondary N) is 3. The van der Waals surface area contributed by atoms with Crippen molar-refractivity contribution < 1.29 is 9.59 Å². The maximum Gasteiger partial charge on any atom is 0.267 e. The number of pyridine rings is 2. The molecule has 0 spiro atoms. The third kappa shape index (κ3) is 4.27. The van der Waals surface area contributed by atoms with Gasteiger partial charge in [0, 0.05) is 24.2 Å². The molecule has 202 valence electrons. The Balaban J connectivity index is 1.54. The Labute approximate surface area is 229 Å². The summed E-state index contributed by atoms with van der Waals surface area (Å²) in [7, 11) is 1.59. The summed E-state index contributed by atoms with van der Waals surface area (Å²) < 4.78 is 3.31. The van der Waals surface area contributed by atoms with Crippen molar-refractivity contribution in [3.05, 3.63) is 67.4 Å². The summed E-state index contributed by atoms with van der Waals surface area (Å²) in [5.41, 5.74) is 3.26. The molecule has 6 rings (SSSR count). The normalized spacial score (nSPS) is 15.8. The molecule has 10 heteroatoms. The van der Waals surface area contributed by atoms with Gasteiger partial charge in [0.1, 0.15) is 21.8 Å². The molecule has 2 aliphatic carbocycles. The number of thiophene rings is 1. The van der Waals surface area contributed by atoms with E-state index in [0.717, 1.165) is 73.8 Å². The number of fused-ring (bicyclic) bond motifs is 3. The van der Waals surface area contributed by atoms with Gasteiger partial charge in [-0.05, 0) is 68.7 Å². The number of anilines is 1. The van der Waals surface area contributed by atoms with Gasteiger partial charge in [0.25, 0.3) is 17.4 Å². The number of nitrogens with zero attached hydrogens (tertiary/aromatic N) is 3. The summed E-state index contributed by atoms with van der Waals surface area (Å²) in [6, 6.07) is 5.20. The minimum atomic E-state index is -0.496. The number of carbonyl (C=O) groups is 2. The lowest BCUT2D eigenvalue weighted by molar-refractivity contribution is 0.0963. The topological polar surface area (TPSA) is 121 Å². The van der Waals surface area contributed by atoms with Crippen LogP contribution in [-0.4, -0.2) is 32.8 Å². The summed E-state index contributed by atoms with van der Waals surface area (Å²) in [4.78, 5) is 46.4. The van der Waals surface area contributed by atoms with Crippen LogP contribution in [0.1, 0.15) is 87.7 Å². The van der Waals surface area contributed by atoms with Crippen LogP contribution in [0.25, 0.3) is 16.7 Å². The number of hydrogen-bond donors (Lipinski definition) is 3. The predicted molar refractivity (Wildman–Crippen MR) is 152 cm³/mol. The Bertz CT molecular complexity index is 1760. The van der Waals surface area contributed by atoms with Crippen molar-refractivity contribution in [2.75, 3.05) is 12.4 Å². The Kier molecular flexibility index (Phi) is 6.58. The van der Waals surface area contributed by atoms with Gasteiger partial charge in [-0.3, -0.25) is 24.2 Å². The second-order valence-electron chi connectivity index (χ2n) is 10.6. The molecule has 0 atom stereocenters. The first-order valence-electron chi connectivity index (χ1n) is 13.7. The molecule has 0 bridgehead atoms. The quantitative estimate of drug-likeness (QED) is 0.328. The molecule has 4 aromatic rings. The molecule has 0 unspecified atom stereocenters. The highest BCUT2D eigenvalue weighted by Crippen LogP contribution is 2.38. The van der Waals surface area contributed by atoms with Gasteiger partial charge in [-0.1, -0.05) is 25.3 Å². The number of carbonyl (C=O) groups excluding carboxylic acids is 2. The highest BCUT2D eigenvalue weighted by atomic mass is 32.1. The average Bonchev–Trinajstić information content (AvgIpc) is 3.31. The average molecular weight is 545 g/mol. The molecule has 1 fully saturated rings. The zero-order chi connectivity index (χ0) is 27.3. The van der Waals surface area contributed by atoms with E-state index in [9.17, 15) is 19.8 Å². The van der Waals surface area contributed by atoms with Crippen LogP contribution in [-0.2, 0) is 12.8 Å². The van der Waals surface area contributed by atoms with Gasteiger partial charge in [-0.15, -0.1) is 11.3 Å². The van der Waals surface area contributed by atoms with Crippen LogP contribution >= 0.6 is 11.3 Å². The molecule has 0 aliphatic heterocycles. The molecule has 2 aliphatic rings. The number of aromatic nitrogens is 3. The lowest BCUT2D eigenvalue weighted by atomic mass is 9.94. The van der Waals surface area contributed by atoms with E-state index in [2.05, 4.69) is 10.6 Å². The van der Waals surface area contributed by atoms with Crippen molar-refractivity contribution in [3.63, 3.8) is 0 Å². The highest BCUT2D eigenvalue weighted by Gasteiger charge is 2.28. The smallest absolute Gasteiger partial charge is 0.267 e. The molecule has 0 saturated heterocycles. The second kappa shape index (κ2) is 10.1. The molecule has 3 N–H and O–H groups in total. The third-order valence-electron chi connectivity index (χ3n) is 8.11. The van der Waals surface area contributed by atoms with Crippen LogP contribution in [0.15, 0.2) is 29.2 Å². The van der Waals surface area contributed by atoms with Crippen molar-refractivity contribution in [2.45, 2.75) is 70.8 Å². The lowest BCUT2D eigenvalue weighted by Crippen LogP contribution is -2.35.